The Kier molecular flexibility index (Phi) is 4.77. The van der Waals surface area contributed by atoms with Crippen molar-refractivity contribution in [2.24, 2.45) is 5.84 Å². The van der Waals surface area contributed by atoms with Gasteiger partial charge in [0.1, 0.15) is 6.61 Å². The van der Waals surface area contributed by atoms with Crippen molar-refractivity contribution >= 4 is 5.69 Å². The third-order valence-corrected chi connectivity index (χ3v) is 3.92. The van der Waals surface area contributed by atoms with Crippen LogP contribution in [0.25, 0.3) is 11.3 Å². The summed E-state index contributed by atoms with van der Waals surface area (Å²) in [6.07, 6.45) is 0. The summed E-state index contributed by atoms with van der Waals surface area (Å²) in [5.41, 5.74) is 5.13. The van der Waals surface area contributed by atoms with E-state index >= 15 is 0 Å². The zero-order valence-corrected chi connectivity index (χ0v) is 13.9. The number of aromatic nitrogens is 1. The second-order valence-corrected chi connectivity index (χ2v) is 5.70. The van der Waals surface area contributed by atoms with E-state index in [1.807, 2.05) is 67.7 Å². The fourth-order valence-electron chi connectivity index (χ4n) is 2.62. The molecular weight excluding hydrogens is 298 g/mol. The molecular formula is C20H21N3O. The first kappa shape index (κ1) is 16.0. The topological polar surface area (TPSA) is 51.4 Å². The summed E-state index contributed by atoms with van der Waals surface area (Å²) in [5, 5.41) is 1.61. The predicted molar refractivity (Wildman–Crippen MR) is 97.8 cm³/mol. The van der Waals surface area contributed by atoms with Crippen molar-refractivity contribution < 1.29 is 4.74 Å². The molecule has 1 heterocycles. The highest BCUT2D eigenvalue weighted by Crippen LogP contribution is 2.24. The summed E-state index contributed by atoms with van der Waals surface area (Å²) in [5.74, 6) is 6.52. The second kappa shape index (κ2) is 7.15. The summed E-state index contributed by atoms with van der Waals surface area (Å²) in [6.45, 7) is 2.48. The molecule has 0 amide bonds. The normalized spacial score (nSPS) is 10.5. The summed E-state index contributed by atoms with van der Waals surface area (Å²) >= 11 is 0. The van der Waals surface area contributed by atoms with Crippen LogP contribution < -0.4 is 15.6 Å². The standard InChI is InChI=1S/C20H21N3O/c1-15-8-6-12-19(23(2)21)17(15)14-24-20-13-7-11-18(22-20)16-9-4-3-5-10-16/h3-13H,14,21H2,1-2H3. The van der Waals surface area contributed by atoms with Gasteiger partial charge in [-0.2, -0.15) is 0 Å². The third-order valence-electron chi connectivity index (χ3n) is 3.92. The van der Waals surface area contributed by atoms with Crippen LogP contribution >= 0.6 is 0 Å². The molecule has 3 rings (SSSR count). The van der Waals surface area contributed by atoms with Crippen LogP contribution in [-0.4, -0.2) is 12.0 Å². The van der Waals surface area contributed by atoms with Gasteiger partial charge in [0.25, 0.3) is 0 Å². The molecule has 2 N–H and O–H groups in total. The smallest absolute Gasteiger partial charge is 0.214 e. The number of anilines is 1. The first-order chi connectivity index (χ1) is 11.6. The monoisotopic (exact) mass is 319 g/mol. The number of ether oxygens (including phenoxy) is 1. The summed E-state index contributed by atoms with van der Waals surface area (Å²) in [6, 6.07) is 21.9. The number of hydrogen-bond acceptors (Lipinski definition) is 4. The van der Waals surface area contributed by atoms with E-state index in [4.69, 9.17) is 10.6 Å². The number of nitrogens with zero attached hydrogens (tertiary/aromatic N) is 2. The van der Waals surface area contributed by atoms with Crippen molar-refractivity contribution in [3.8, 4) is 17.1 Å². The van der Waals surface area contributed by atoms with Crippen LogP contribution in [0, 0.1) is 6.92 Å². The minimum atomic E-state index is 0.425. The molecule has 2 aromatic carbocycles. The van der Waals surface area contributed by atoms with Crippen LogP contribution in [0.5, 0.6) is 5.88 Å². The number of rotatable bonds is 5. The van der Waals surface area contributed by atoms with E-state index in [0.29, 0.717) is 12.5 Å². The van der Waals surface area contributed by atoms with Gasteiger partial charge in [-0.15, -0.1) is 0 Å². The van der Waals surface area contributed by atoms with Crippen molar-refractivity contribution in [1.29, 1.82) is 0 Å². The highest BCUT2D eigenvalue weighted by atomic mass is 16.5. The van der Waals surface area contributed by atoms with Crippen molar-refractivity contribution in [1.82, 2.24) is 4.98 Å². The molecule has 0 atom stereocenters. The summed E-state index contributed by atoms with van der Waals surface area (Å²) in [7, 11) is 1.83. The van der Waals surface area contributed by atoms with Crippen molar-refractivity contribution in [2.75, 3.05) is 12.1 Å². The average Bonchev–Trinajstić information content (AvgIpc) is 2.61. The lowest BCUT2D eigenvalue weighted by atomic mass is 10.1. The number of hydrazine groups is 1. The Balaban J connectivity index is 1.81. The molecule has 0 fully saturated rings. The maximum atomic E-state index is 5.93. The van der Waals surface area contributed by atoms with Crippen LogP contribution in [0.15, 0.2) is 66.7 Å². The molecule has 0 bridgehead atoms. The molecule has 3 aromatic rings. The molecule has 0 unspecified atom stereocenters. The third kappa shape index (κ3) is 3.55. The van der Waals surface area contributed by atoms with Gasteiger partial charge in [-0.25, -0.2) is 10.8 Å². The van der Waals surface area contributed by atoms with E-state index in [1.165, 1.54) is 0 Å². The van der Waals surface area contributed by atoms with Crippen molar-refractivity contribution in [2.45, 2.75) is 13.5 Å². The van der Waals surface area contributed by atoms with E-state index in [1.54, 1.807) is 5.01 Å². The lowest BCUT2D eigenvalue weighted by Gasteiger charge is -2.19. The van der Waals surface area contributed by atoms with Gasteiger partial charge in [0, 0.05) is 24.2 Å². The summed E-state index contributed by atoms with van der Waals surface area (Å²) in [4.78, 5) is 4.60. The molecule has 0 aliphatic rings. The van der Waals surface area contributed by atoms with Gasteiger partial charge in [0.05, 0.1) is 11.4 Å². The van der Waals surface area contributed by atoms with Crippen LogP contribution in [0.1, 0.15) is 11.1 Å². The molecule has 0 aliphatic heterocycles. The fraction of sp³-hybridized carbons (Fsp3) is 0.150. The number of pyridine rings is 1. The maximum absolute atomic E-state index is 5.93. The Morgan fingerprint density at radius 2 is 1.71 bits per heavy atom. The lowest BCUT2D eigenvalue weighted by Crippen LogP contribution is -2.26. The molecule has 0 saturated heterocycles. The minimum Gasteiger partial charge on any atom is -0.473 e. The van der Waals surface area contributed by atoms with Crippen LogP contribution in [0.2, 0.25) is 0 Å². The number of nitrogens with two attached hydrogens (primary N) is 1. The molecule has 4 heteroatoms. The maximum Gasteiger partial charge on any atom is 0.214 e. The molecule has 0 saturated carbocycles. The van der Waals surface area contributed by atoms with E-state index in [0.717, 1.165) is 28.1 Å². The first-order valence-corrected chi connectivity index (χ1v) is 7.87. The van der Waals surface area contributed by atoms with Gasteiger partial charge in [0.2, 0.25) is 5.88 Å². The second-order valence-electron chi connectivity index (χ2n) is 5.70. The quantitative estimate of drug-likeness (QED) is 0.571. The van der Waals surface area contributed by atoms with Crippen LogP contribution in [0.3, 0.4) is 0 Å². The average molecular weight is 319 g/mol. The molecule has 0 aliphatic carbocycles. The number of hydrogen-bond donors (Lipinski definition) is 1. The van der Waals surface area contributed by atoms with E-state index in [-0.39, 0.29) is 0 Å². The Hall–Kier alpha value is -2.85. The van der Waals surface area contributed by atoms with Crippen molar-refractivity contribution in [3.63, 3.8) is 0 Å². The van der Waals surface area contributed by atoms with Crippen LogP contribution in [-0.2, 0) is 6.61 Å². The Morgan fingerprint density at radius 1 is 0.958 bits per heavy atom. The van der Waals surface area contributed by atoms with E-state index in [2.05, 4.69) is 18.0 Å². The zero-order valence-electron chi connectivity index (χ0n) is 13.9. The van der Waals surface area contributed by atoms with Crippen molar-refractivity contribution in [3.05, 3.63) is 77.9 Å². The van der Waals surface area contributed by atoms with Crippen LogP contribution in [0.4, 0.5) is 5.69 Å². The number of benzene rings is 2. The molecule has 24 heavy (non-hydrogen) atoms. The lowest BCUT2D eigenvalue weighted by molar-refractivity contribution is 0.294. The Bertz CT molecular complexity index is 816. The van der Waals surface area contributed by atoms with Gasteiger partial charge in [-0.1, -0.05) is 48.5 Å². The fourth-order valence-corrected chi connectivity index (χ4v) is 2.62. The van der Waals surface area contributed by atoms with Gasteiger partial charge in [-0.3, -0.25) is 0 Å². The van der Waals surface area contributed by atoms with E-state index < -0.39 is 0 Å². The van der Waals surface area contributed by atoms with Gasteiger partial charge in [0.15, 0.2) is 0 Å². The molecule has 122 valence electrons. The zero-order chi connectivity index (χ0) is 16.9. The minimum absolute atomic E-state index is 0.425. The summed E-state index contributed by atoms with van der Waals surface area (Å²) < 4.78 is 5.93. The molecule has 4 nitrogen and oxygen atoms in total. The van der Waals surface area contributed by atoms with Gasteiger partial charge in [-0.05, 0) is 24.6 Å². The Morgan fingerprint density at radius 3 is 2.46 bits per heavy atom. The SMILES string of the molecule is Cc1cccc(N(C)N)c1COc1cccc(-c2ccccc2)n1. The van der Waals surface area contributed by atoms with Gasteiger partial charge >= 0.3 is 0 Å². The molecule has 0 radical (unpaired) electrons. The predicted octanol–water partition coefficient (Wildman–Crippen LogP) is 3.95. The highest BCUT2D eigenvalue weighted by molar-refractivity contribution is 5.59. The van der Waals surface area contributed by atoms with Gasteiger partial charge < -0.3 is 9.75 Å². The van der Waals surface area contributed by atoms with E-state index in [9.17, 15) is 0 Å². The molecule has 1 aromatic heterocycles. The molecule has 0 spiro atoms. The largest absolute Gasteiger partial charge is 0.473 e. The highest BCUT2D eigenvalue weighted by Gasteiger charge is 2.09. The first-order valence-electron chi connectivity index (χ1n) is 7.87. The Labute approximate surface area is 142 Å². The number of aryl methyl sites for hydroxylation is 1.